The minimum atomic E-state index is -0.585. The second-order valence-electron chi connectivity index (χ2n) is 7.23. The molecule has 5 rings (SSSR count). The fourth-order valence-electron chi connectivity index (χ4n) is 3.94. The Hall–Kier alpha value is -2.70. The lowest BCUT2D eigenvalue weighted by Crippen LogP contribution is -2.33. The van der Waals surface area contributed by atoms with Gasteiger partial charge < -0.3 is 14.6 Å². The first-order valence-corrected chi connectivity index (χ1v) is 10.7. The molecule has 0 unspecified atom stereocenters. The Balaban J connectivity index is 1.61. The highest BCUT2D eigenvalue weighted by molar-refractivity contribution is 9.10. The number of hydrogen-bond acceptors (Lipinski definition) is 5. The Morgan fingerprint density at radius 1 is 1.10 bits per heavy atom. The molecule has 0 fully saturated rings. The third kappa shape index (κ3) is 3.30. The minimum Gasteiger partial charge on any atom is -0.507 e. The van der Waals surface area contributed by atoms with Crippen LogP contribution >= 0.6 is 27.5 Å². The molecular formula is C23H18BrClN2O3. The number of halogens is 2. The van der Waals surface area contributed by atoms with Crippen LogP contribution in [0.2, 0.25) is 5.02 Å². The zero-order valence-electron chi connectivity index (χ0n) is 16.0. The third-order valence-corrected chi connectivity index (χ3v) is 6.16. The van der Waals surface area contributed by atoms with Crippen LogP contribution in [-0.4, -0.2) is 22.9 Å². The molecule has 30 heavy (non-hydrogen) atoms. The Kier molecular flexibility index (Phi) is 4.83. The van der Waals surface area contributed by atoms with E-state index in [1.165, 1.54) is 0 Å². The second kappa shape index (κ2) is 7.52. The molecule has 0 saturated heterocycles. The zero-order valence-corrected chi connectivity index (χ0v) is 18.4. The van der Waals surface area contributed by atoms with E-state index in [0.717, 1.165) is 39.2 Å². The maximum atomic E-state index is 10.5. The summed E-state index contributed by atoms with van der Waals surface area (Å²) in [5, 5.41) is 17.9. The van der Waals surface area contributed by atoms with Crippen LogP contribution in [0.1, 0.15) is 35.4 Å². The van der Waals surface area contributed by atoms with E-state index in [1.807, 2.05) is 41.4 Å². The number of hydrazone groups is 1. The van der Waals surface area contributed by atoms with Crippen molar-refractivity contribution in [3.8, 4) is 17.2 Å². The fourth-order valence-corrected chi connectivity index (χ4v) is 4.50. The van der Waals surface area contributed by atoms with Crippen molar-refractivity contribution in [3.63, 3.8) is 0 Å². The fraction of sp³-hybridized carbons (Fsp3) is 0.174. The number of hydrogen-bond donors (Lipinski definition) is 1. The standard InChI is InChI=1S/C23H18BrClN2O3/c1-29-16-6-2-13(3-7-16)19-12-20-17-10-14(24)4-9-22(17)30-23(27(20)26-19)18-11-15(25)5-8-21(18)28/h2-11,20,23,28H,12H2,1H3/t20-,23+/m0/s1. The number of ether oxygens (including phenoxy) is 2. The Morgan fingerprint density at radius 3 is 2.67 bits per heavy atom. The van der Waals surface area contributed by atoms with Gasteiger partial charge in [-0.1, -0.05) is 27.5 Å². The molecule has 2 heterocycles. The average Bonchev–Trinajstić information content (AvgIpc) is 3.21. The molecule has 3 aromatic rings. The van der Waals surface area contributed by atoms with Crippen molar-refractivity contribution in [1.29, 1.82) is 0 Å². The van der Waals surface area contributed by atoms with Crippen LogP contribution in [0.5, 0.6) is 17.2 Å². The molecule has 1 N–H and O–H groups in total. The summed E-state index contributed by atoms with van der Waals surface area (Å²) < 4.78 is 12.6. The van der Waals surface area contributed by atoms with Crippen molar-refractivity contribution in [2.75, 3.05) is 7.11 Å². The number of methoxy groups -OCH3 is 1. The molecule has 3 aromatic carbocycles. The van der Waals surface area contributed by atoms with Crippen molar-refractivity contribution in [3.05, 3.63) is 86.8 Å². The highest BCUT2D eigenvalue weighted by Crippen LogP contribution is 2.49. The molecular weight excluding hydrogens is 468 g/mol. The van der Waals surface area contributed by atoms with Gasteiger partial charge in [0.15, 0.2) is 0 Å². The largest absolute Gasteiger partial charge is 0.507 e. The van der Waals surface area contributed by atoms with Gasteiger partial charge in [0.05, 0.1) is 24.4 Å². The average molecular weight is 486 g/mol. The van der Waals surface area contributed by atoms with Crippen LogP contribution < -0.4 is 9.47 Å². The van der Waals surface area contributed by atoms with E-state index in [1.54, 1.807) is 25.3 Å². The summed E-state index contributed by atoms with van der Waals surface area (Å²) in [5.41, 5.74) is 3.61. The van der Waals surface area contributed by atoms with Gasteiger partial charge in [-0.25, -0.2) is 5.01 Å². The third-order valence-electron chi connectivity index (χ3n) is 5.43. The smallest absolute Gasteiger partial charge is 0.217 e. The van der Waals surface area contributed by atoms with E-state index in [0.29, 0.717) is 10.6 Å². The van der Waals surface area contributed by atoms with E-state index in [2.05, 4.69) is 22.0 Å². The van der Waals surface area contributed by atoms with Gasteiger partial charge in [0.25, 0.3) is 0 Å². The molecule has 0 bridgehead atoms. The summed E-state index contributed by atoms with van der Waals surface area (Å²) in [6.07, 6.45) is 0.134. The lowest BCUT2D eigenvalue weighted by molar-refractivity contribution is -0.0203. The van der Waals surface area contributed by atoms with Gasteiger partial charge in [0, 0.05) is 21.5 Å². The first-order valence-electron chi connectivity index (χ1n) is 9.48. The van der Waals surface area contributed by atoms with Crippen LogP contribution in [0, 0.1) is 0 Å². The van der Waals surface area contributed by atoms with Crippen molar-refractivity contribution in [2.24, 2.45) is 5.10 Å². The van der Waals surface area contributed by atoms with E-state index in [-0.39, 0.29) is 11.8 Å². The summed E-state index contributed by atoms with van der Waals surface area (Å²) in [7, 11) is 1.65. The van der Waals surface area contributed by atoms with Crippen LogP contribution in [0.15, 0.2) is 70.2 Å². The second-order valence-corrected chi connectivity index (χ2v) is 8.58. The number of fused-ring (bicyclic) bond motifs is 3. The Labute approximate surface area is 187 Å². The number of phenolic OH excluding ortho intramolecular Hbond substituents is 1. The summed E-state index contributed by atoms with van der Waals surface area (Å²) in [4.78, 5) is 0. The number of nitrogens with zero attached hydrogens (tertiary/aromatic N) is 2. The monoisotopic (exact) mass is 484 g/mol. The quantitative estimate of drug-likeness (QED) is 0.490. The molecule has 0 amide bonds. The predicted octanol–water partition coefficient (Wildman–Crippen LogP) is 6.06. The van der Waals surface area contributed by atoms with E-state index in [9.17, 15) is 5.11 Å². The first-order chi connectivity index (χ1) is 14.5. The maximum absolute atomic E-state index is 10.5. The number of aromatic hydroxyl groups is 1. The van der Waals surface area contributed by atoms with Crippen molar-refractivity contribution >= 4 is 33.2 Å². The van der Waals surface area contributed by atoms with E-state index in [4.69, 9.17) is 26.2 Å². The molecule has 0 radical (unpaired) electrons. The molecule has 2 aliphatic rings. The normalized spacial score (nSPS) is 19.6. The lowest BCUT2D eigenvalue weighted by atomic mass is 9.96. The molecule has 2 atom stereocenters. The van der Waals surface area contributed by atoms with Gasteiger partial charge in [-0.2, -0.15) is 5.10 Å². The van der Waals surface area contributed by atoms with E-state index < -0.39 is 6.23 Å². The van der Waals surface area contributed by atoms with Gasteiger partial charge in [0.2, 0.25) is 6.23 Å². The number of rotatable bonds is 3. The highest BCUT2D eigenvalue weighted by atomic mass is 79.9. The molecule has 7 heteroatoms. The number of benzene rings is 3. The molecule has 0 aliphatic carbocycles. The van der Waals surface area contributed by atoms with Crippen molar-refractivity contribution in [1.82, 2.24) is 5.01 Å². The van der Waals surface area contributed by atoms with Crippen LogP contribution in [-0.2, 0) is 0 Å². The molecule has 152 valence electrons. The zero-order chi connectivity index (χ0) is 20.8. The summed E-state index contributed by atoms with van der Waals surface area (Å²) in [6.45, 7) is 0. The molecule has 0 aromatic heterocycles. The van der Waals surface area contributed by atoms with Gasteiger partial charge >= 0.3 is 0 Å². The summed E-state index contributed by atoms with van der Waals surface area (Å²) >= 11 is 9.78. The van der Waals surface area contributed by atoms with Crippen LogP contribution in [0.3, 0.4) is 0 Å². The van der Waals surface area contributed by atoms with E-state index >= 15 is 0 Å². The molecule has 0 spiro atoms. The Morgan fingerprint density at radius 2 is 1.90 bits per heavy atom. The summed E-state index contributed by atoms with van der Waals surface area (Å²) in [5.74, 6) is 1.70. The van der Waals surface area contributed by atoms with Crippen LogP contribution in [0.25, 0.3) is 0 Å². The lowest BCUT2D eigenvalue weighted by Gasteiger charge is -2.38. The van der Waals surface area contributed by atoms with Crippen LogP contribution in [0.4, 0.5) is 0 Å². The number of phenols is 1. The van der Waals surface area contributed by atoms with Gasteiger partial charge in [-0.05, 0) is 66.2 Å². The SMILES string of the molecule is COc1ccc(C2=NN3[C@@H](c4cc(Cl)ccc4O)Oc4ccc(Br)cc4[C@@H]3C2)cc1. The van der Waals surface area contributed by atoms with Crippen molar-refractivity contribution in [2.45, 2.75) is 18.7 Å². The highest BCUT2D eigenvalue weighted by Gasteiger charge is 2.42. The first kappa shape index (κ1) is 19.3. The topological polar surface area (TPSA) is 54.3 Å². The molecule has 5 nitrogen and oxygen atoms in total. The van der Waals surface area contributed by atoms with Crippen molar-refractivity contribution < 1.29 is 14.6 Å². The minimum absolute atomic E-state index is 0.0215. The van der Waals surface area contributed by atoms with Gasteiger partial charge in [0.1, 0.15) is 17.2 Å². The molecule has 2 aliphatic heterocycles. The maximum Gasteiger partial charge on any atom is 0.217 e. The van der Waals surface area contributed by atoms with Gasteiger partial charge in [-0.15, -0.1) is 0 Å². The molecule has 0 saturated carbocycles. The summed E-state index contributed by atoms with van der Waals surface area (Å²) in [6, 6.07) is 18.8. The Bertz CT molecular complexity index is 1150. The predicted molar refractivity (Wildman–Crippen MR) is 119 cm³/mol. The van der Waals surface area contributed by atoms with Gasteiger partial charge in [-0.3, -0.25) is 0 Å².